The van der Waals surface area contributed by atoms with Gasteiger partial charge in [-0.05, 0) is 29.8 Å². The zero-order chi connectivity index (χ0) is 20.4. The summed E-state index contributed by atoms with van der Waals surface area (Å²) in [5, 5.41) is 0. The molecule has 0 N–H and O–H groups in total. The molecule has 2 aromatic heterocycles. The highest BCUT2D eigenvalue weighted by atomic mass is 79.9. The minimum absolute atomic E-state index is 0.546. The first-order chi connectivity index (χ1) is 13.7. The third-order valence-corrected chi connectivity index (χ3v) is 4.46. The van der Waals surface area contributed by atoms with Crippen molar-refractivity contribution in [1.29, 1.82) is 0 Å². The van der Waals surface area contributed by atoms with E-state index in [1.54, 1.807) is 10.9 Å². The fourth-order valence-corrected chi connectivity index (χ4v) is 2.94. The van der Waals surface area contributed by atoms with Gasteiger partial charge in [-0.2, -0.15) is 15.0 Å². The van der Waals surface area contributed by atoms with Crippen molar-refractivity contribution in [2.45, 2.75) is 27.7 Å². The van der Waals surface area contributed by atoms with E-state index in [9.17, 15) is 0 Å². The highest BCUT2D eigenvalue weighted by Gasteiger charge is 2.19. The van der Waals surface area contributed by atoms with E-state index in [2.05, 4.69) is 47.6 Å². The summed E-state index contributed by atoms with van der Waals surface area (Å²) in [4.78, 5) is 22.4. The Hall–Kier alpha value is -1.78. The number of anilines is 2. The van der Waals surface area contributed by atoms with Crippen LogP contribution in [0.5, 0.6) is 0 Å². The summed E-state index contributed by atoms with van der Waals surface area (Å²) in [5.74, 6) is 1.85. The van der Waals surface area contributed by atoms with Gasteiger partial charge >= 0.3 is 0 Å². The van der Waals surface area contributed by atoms with E-state index in [-0.39, 0.29) is 0 Å². The second kappa shape index (κ2) is 11.9. The van der Waals surface area contributed by atoms with E-state index in [1.807, 2.05) is 27.0 Å². The van der Waals surface area contributed by atoms with Crippen molar-refractivity contribution in [2.75, 3.05) is 62.4 Å². The van der Waals surface area contributed by atoms with Crippen LogP contribution in [0.1, 0.15) is 27.7 Å². The maximum absolute atomic E-state index is 5.49. The average Bonchev–Trinajstić information content (AvgIpc) is 3.19. The topological polar surface area (TPSA) is 81.4 Å². The Labute approximate surface area is 175 Å². The Balaban J connectivity index is 0.00000136. The van der Waals surface area contributed by atoms with Crippen LogP contribution >= 0.6 is 15.9 Å². The molecule has 28 heavy (non-hydrogen) atoms. The summed E-state index contributed by atoms with van der Waals surface area (Å²) in [6, 6.07) is 0. The fraction of sp³-hybridized carbons (Fsp3) is 0.667. The summed E-state index contributed by atoms with van der Waals surface area (Å²) in [6.45, 7) is 13.8. The third-order valence-electron chi connectivity index (χ3n) is 4.05. The largest absolute Gasteiger partial charge is 0.380 e. The molecule has 0 radical (unpaired) electrons. The summed E-state index contributed by atoms with van der Waals surface area (Å²) in [6.07, 6.45) is 3.52. The second-order valence-corrected chi connectivity index (χ2v) is 6.53. The van der Waals surface area contributed by atoms with Crippen LogP contribution in [0.2, 0.25) is 0 Å². The van der Waals surface area contributed by atoms with E-state index in [4.69, 9.17) is 14.5 Å². The third kappa shape index (κ3) is 6.11. The molecule has 1 aliphatic rings. The van der Waals surface area contributed by atoms with Crippen molar-refractivity contribution >= 4 is 27.8 Å². The molecule has 0 amide bonds. The van der Waals surface area contributed by atoms with Gasteiger partial charge in [0.05, 0.1) is 19.8 Å². The molecule has 0 saturated carbocycles. The molecule has 1 fully saturated rings. The second-order valence-electron chi connectivity index (χ2n) is 5.72. The Morgan fingerprint density at radius 1 is 1.14 bits per heavy atom. The Morgan fingerprint density at radius 3 is 2.46 bits per heavy atom. The molecule has 0 aliphatic carbocycles. The highest BCUT2D eigenvalue weighted by Crippen LogP contribution is 2.18. The molecule has 0 spiro atoms. The van der Waals surface area contributed by atoms with E-state index < -0.39 is 0 Å². The molecular formula is C18H30BrN7O2. The van der Waals surface area contributed by atoms with Crippen molar-refractivity contribution in [3.8, 4) is 5.95 Å². The zero-order valence-electron chi connectivity index (χ0n) is 17.1. The predicted molar refractivity (Wildman–Crippen MR) is 113 cm³/mol. The molecule has 2 aromatic rings. The van der Waals surface area contributed by atoms with Gasteiger partial charge < -0.3 is 19.3 Å². The molecule has 0 unspecified atom stereocenters. The van der Waals surface area contributed by atoms with Gasteiger partial charge in [-0.1, -0.05) is 13.8 Å². The number of rotatable bonds is 8. The number of hydrogen-bond acceptors (Lipinski definition) is 8. The van der Waals surface area contributed by atoms with Crippen molar-refractivity contribution in [1.82, 2.24) is 24.5 Å². The monoisotopic (exact) mass is 455 g/mol. The van der Waals surface area contributed by atoms with Gasteiger partial charge in [0.15, 0.2) is 0 Å². The Bertz CT molecular complexity index is 707. The smallest absolute Gasteiger partial charge is 0.241 e. The van der Waals surface area contributed by atoms with Crippen LogP contribution in [-0.4, -0.2) is 77.1 Å². The molecule has 156 valence electrons. The molecule has 0 aromatic carbocycles. The number of aromatic nitrogens is 5. The van der Waals surface area contributed by atoms with Crippen molar-refractivity contribution in [3.05, 3.63) is 17.1 Å². The lowest BCUT2D eigenvalue weighted by Gasteiger charge is -2.28. The van der Waals surface area contributed by atoms with Crippen LogP contribution in [-0.2, 0) is 9.47 Å². The number of nitrogens with zero attached hydrogens (tertiary/aromatic N) is 7. The van der Waals surface area contributed by atoms with Crippen molar-refractivity contribution < 1.29 is 9.47 Å². The number of likely N-dealkylation sites (N-methyl/N-ethyl adjacent to an activating group) is 1. The molecule has 1 saturated heterocycles. The van der Waals surface area contributed by atoms with E-state index in [0.717, 1.165) is 30.8 Å². The molecular weight excluding hydrogens is 426 g/mol. The van der Waals surface area contributed by atoms with E-state index >= 15 is 0 Å². The summed E-state index contributed by atoms with van der Waals surface area (Å²) >= 11 is 3.37. The van der Waals surface area contributed by atoms with Crippen LogP contribution in [0.3, 0.4) is 0 Å². The van der Waals surface area contributed by atoms with Crippen molar-refractivity contribution in [2.24, 2.45) is 0 Å². The lowest BCUT2D eigenvalue weighted by molar-refractivity contribution is 0.122. The average molecular weight is 456 g/mol. The minimum Gasteiger partial charge on any atom is -0.380 e. The maximum atomic E-state index is 5.49. The standard InChI is InChI=1S/C16H24BrN7O2.C2H6/c1-3-22(5-8-25-4-2)14-19-15(23-6-9-26-10-7-23)21-16(20-14)24-11-13(17)18-12-24;1-2/h11-12H,3-10H2,1-2H3;1-2H3. The van der Waals surface area contributed by atoms with E-state index in [0.29, 0.717) is 44.3 Å². The van der Waals surface area contributed by atoms with Gasteiger partial charge in [-0.25, -0.2) is 4.98 Å². The number of ether oxygens (including phenoxy) is 2. The normalized spacial score (nSPS) is 13.8. The molecule has 10 heteroatoms. The van der Waals surface area contributed by atoms with Crippen LogP contribution in [0, 0.1) is 0 Å². The lowest BCUT2D eigenvalue weighted by Crippen LogP contribution is -2.38. The van der Waals surface area contributed by atoms with Gasteiger partial charge in [-0.3, -0.25) is 4.57 Å². The van der Waals surface area contributed by atoms with Gasteiger partial charge in [0.2, 0.25) is 17.8 Å². The predicted octanol–water partition coefficient (Wildman–Crippen LogP) is 2.55. The minimum atomic E-state index is 0.546. The van der Waals surface area contributed by atoms with Gasteiger partial charge in [0.25, 0.3) is 0 Å². The first kappa shape index (κ1) is 22.5. The number of morpholine rings is 1. The quantitative estimate of drug-likeness (QED) is 0.561. The number of hydrogen-bond donors (Lipinski definition) is 0. The van der Waals surface area contributed by atoms with Gasteiger partial charge in [-0.15, -0.1) is 0 Å². The van der Waals surface area contributed by atoms with Crippen LogP contribution in [0.25, 0.3) is 5.95 Å². The molecule has 9 nitrogen and oxygen atoms in total. The maximum Gasteiger partial charge on any atom is 0.241 e. The van der Waals surface area contributed by atoms with Crippen LogP contribution in [0.4, 0.5) is 11.9 Å². The van der Waals surface area contributed by atoms with Crippen LogP contribution < -0.4 is 9.80 Å². The fourth-order valence-electron chi connectivity index (χ4n) is 2.63. The SMILES string of the molecule is CC.CCOCCN(CC)c1nc(N2CCOCC2)nc(-n2cnc(Br)c2)n1. The zero-order valence-corrected chi connectivity index (χ0v) is 18.7. The molecule has 0 bridgehead atoms. The summed E-state index contributed by atoms with van der Waals surface area (Å²) < 4.78 is 13.5. The van der Waals surface area contributed by atoms with Gasteiger partial charge in [0, 0.05) is 39.0 Å². The number of halogens is 1. The molecule has 3 heterocycles. The number of imidazole rings is 1. The molecule has 0 atom stereocenters. The van der Waals surface area contributed by atoms with Gasteiger partial charge in [0.1, 0.15) is 10.9 Å². The molecule has 3 rings (SSSR count). The first-order valence-corrected chi connectivity index (χ1v) is 10.6. The lowest BCUT2D eigenvalue weighted by atomic mass is 10.4. The Kier molecular flexibility index (Phi) is 9.59. The summed E-state index contributed by atoms with van der Waals surface area (Å²) in [5.41, 5.74) is 0. The molecule has 1 aliphatic heterocycles. The Morgan fingerprint density at radius 2 is 1.86 bits per heavy atom. The van der Waals surface area contributed by atoms with Crippen molar-refractivity contribution in [3.63, 3.8) is 0 Å². The highest BCUT2D eigenvalue weighted by molar-refractivity contribution is 9.10. The van der Waals surface area contributed by atoms with E-state index in [1.165, 1.54) is 0 Å². The summed E-state index contributed by atoms with van der Waals surface area (Å²) in [7, 11) is 0. The first-order valence-electron chi connectivity index (χ1n) is 9.82. The van der Waals surface area contributed by atoms with Crippen LogP contribution in [0.15, 0.2) is 17.1 Å².